The topological polar surface area (TPSA) is 144 Å². The first-order chi connectivity index (χ1) is 15.4. The summed E-state index contributed by atoms with van der Waals surface area (Å²) in [5, 5.41) is 24.0. The fourth-order valence-corrected chi connectivity index (χ4v) is 3.78. The van der Waals surface area contributed by atoms with E-state index in [4.69, 9.17) is 0 Å². The molecule has 0 fully saturated rings. The van der Waals surface area contributed by atoms with E-state index >= 15 is 0 Å². The molecule has 1 heterocycles. The summed E-state index contributed by atoms with van der Waals surface area (Å²) in [7, 11) is 0. The highest BCUT2D eigenvalue weighted by Gasteiger charge is 2.32. The number of carbonyl (C=O) groups is 2. The number of H-pyrrole nitrogens is 1. The Morgan fingerprint density at radius 3 is 2.27 bits per heavy atom. The van der Waals surface area contributed by atoms with Gasteiger partial charge in [0.2, 0.25) is 11.7 Å². The third kappa shape index (κ3) is 6.23. The average Bonchev–Trinajstić information content (AvgIpc) is 3.32. The smallest absolute Gasteiger partial charge is 0.326 e. The van der Waals surface area contributed by atoms with Crippen LogP contribution in [0.1, 0.15) is 45.6 Å². The van der Waals surface area contributed by atoms with Crippen molar-refractivity contribution in [2.24, 2.45) is 5.92 Å². The zero-order chi connectivity index (χ0) is 23.1. The highest BCUT2D eigenvalue weighted by atomic mass is 16.4. The number of rotatable bonds is 10. The molecule has 9 nitrogen and oxygen atoms in total. The van der Waals surface area contributed by atoms with Crippen LogP contribution in [0.5, 0.6) is 0 Å². The van der Waals surface area contributed by atoms with Gasteiger partial charge in [0.25, 0.3) is 0 Å². The number of amides is 1. The zero-order valence-electron chi connectivity index (χ0n) is 19.2. The summed E-state index contributed by atoms with van der Waals surface area (Å²) in [5.74, 6) is -0.784. The van der Waals surface area contributed by atoms with Crippen LogP contribution in [-0.2, 0) is 16.1 Å². The second kappa shape index (κ2) is 11.9. The van der Waals surface area contributed by atoms with Crippen LogP contribution in [-0.4, -0.2) is 54.0 Å². The van der Waals surface area contributed by atoms with Gasteiger partial charge in [-0.25, -0.2) is 4.79 Å². The van der Waals surface area contributed by atoms with Crippen molar-refractivity contribution in [2.75, 3.05) is 0 Å². The molecule has 0 spiro atoms. The van der Waals surface area contributed by atoms with Crippen molar-refractivity contribution >= 4 is 11.9 Å². The third-order valence-corrected chi connectivity index (χ3v) is 5.42. The van der Waals surface area contributed by atoms with Crippen molar-refractivity contribution in [2.45, 2.75) is 52.6 Å². The Labute approximate surface area is 193 Å². The molecule has 0 radical (unpaired) electrons. The molecule has 0 aliphatic heterocycles. The molecular weight excluding hydrogens is 422 g/mol. The van der Waals surface area contributed by atoms with E-state index in [9.17, 15) is 14.7 Å². The van der Waals surface area contributed by atoms with E-state index in [1.165, 1.54) is 4.90 Å². The van der Waals surface area contributed by atoms with E-state index in [-0.39, 0.29) is 23.8 Å². The molecule has 0 aliphatic carbocycles. The normalized spacial score (nSPS) is 11.6. The van der Waals surface area contributed by atoms with Gasteiger partial charge >= 0.3 is 5.97 Å². The molecule has 33 heavy (non-hydrogen) atoms. The predicted molar refractivity (Wildman–Crippen MR) is 125 cm³/mol. The largest absolute Gasteiger partial charge is 0.480 e. The highest BCUT2D eigenvalue weighted by molar-refractivity contribution is 5.84. The van der Waals surface area contributed by atoms with Gasteiger partial charge in [-0.15, -0.1) is 10.2 Å². The van der Waals surface area contributed by atoms with Crippen LogP contribution in [0.4, 0.5) is 0 Å². The molecule has 3 aromatic rings. The Balaban J connectivity index is 0.00000385. The number of aromatic amines is 1. The molecule has 1 amide bonds. The lowest BCUT2D eigenvalue weighted by Crippen LogP contribution is -2.47. The quantitative estimate of drug-likeness (QED) is 0.482. The Morgan fingerprint density at radius 1 is 1.06 bits per heavy atom. The van der Waals surface area contributed by atoms with Crippen molar-refractivity contribution in [1.82, 2.24) is 25.5 Å². The number of nitrogens with one attached hydrogen (secondary N) is 1. The number of benzene rings is 2. The van der Waals surface area contributed by atoms with E-state index < -0.39 is 12.0 Å². The molecular formula is C24H31N5O4. The number of tetrazole rings is 1. The number of nitrogens with zero attached hydrogens (tertiary/aromatic N) is 4. The van der Waals surface area contributed by atoms with Gasteiger partial charge in [-0.05, 0) is 34.2 Å². The molecule has 0 bridgehead atoms. The average molecular weight is 454 g/mol. The van der Waals surface area contributed by atoms with Gasteiger partial charge in [0.1, 0.15) is 6.04 Å². The molecule has 0 aliphatic rings. The first-order valence-corrected chi connectivity index (χ1v) is 10.9. The number of unbranched alkanes of at least 4 members (excludes halogenated alkanes) is 1. The van der Waals surface area contributed by atoms with Crippen molar-refractivity contribution < 1.29 is 20.2 Å². The summed E-state index contributed by atoms with van der Waals surface area (Å²) in [4.78, 5) is 26.3. The van der Waals surface area contributed by atoms with Crippen LogP contribution < -0.4 is 0 Å². The summed E-state index contributed by atoms with van der Waals surface area (Å²) < 4.78 is 0. The second-order valence-electron chi connectivity index (χ2n) is 8.13. The van der Waals surface area contributed by atoms with Gasteiger partial charge in [0, 0.05) is 18.5 Å². The predicted octanol–water partition coefficient (Wildman–Crippen LogP) is 3.34. The van der Waals surface area contributed by atoms with Crippen LogP contribution in [0.3, 0.4) is 0 Å². The number of carboxylic acids is 1. The molecule has 9 heteroatoms. The summed E-state index contributed by atoms with van der Waals surface area (Å²) >= 11 is 0. The minimum Gasteiger partial charge on any atom is -0.480 e. The lowest BCUT2D eigenvalue weighted by molar-refractivity contribution is -0.153. The van der Waals surface area contributed by atoms with Crippen molar-refractivity contribution in [3.05, 3.63) is 54.1 Å². The summed E-state index contributed by atoms with van der Waals surface area (Å²) in [6, 6.07) is 14.7. The monoisotopic (exact) mass is 453 g/mol. The lowest BCUT2D eigenvalue weighted by atomic mass is 9.97. The van der Waals surface area contributed by atoms with Crippen molar-refractivity contribution in [3.63, 3.8) is 0 Å². The van der Waals surface area contributed by atoms with E-state index in [0.717, 1.165) is 35.1 Å². The Bertz CT molecular complexity index is 1040. The SMILES string of the molecule is CCCCC(=O)N(Cc1ccc(-c2ccccc2-c2nn[nH]n2)cc1)C(C(=O)O)C(C)C.O. The van der Waals surface area contributed by atoms with Crippen LogP contribution >= 0.6 is 0 Å². The van der Waals surface area contributed by atoms with E-state index in [1.807, 2.05) is 69.3 Å². The zero-order valence-corrected chi connectivity index (χ0v) is 19.2. The van der Waals surface area contributed by atoms with Gasteiger partial charge in [-0.1, -0.05) is 75.7 Å². The molecule has 1 atom stereocenters. The van der Waals surface area contributed by atoms with Crippen LogP contribution in [0.2, 0.25) is 0 Å². The van der Waals surface area contributed by atoms with E-state index in [1.54, 1.807) is 0 Å². The maximum absolute atomic E-state index is 12.9. The molecule has 1 aromatic heterocycles. The maximum atomic E-state index is 12.9. The van der Waals surface area contributed by atoms with Gasteiger partial charge in [-0.3, -0.25) is 4.79 Å². The number of hydrogen-bond acceptors (Lipinski definition) is 5. The number of hydrogen-bond donors (Lipinski definition) is 2. The third-order valence-electron chi connectivity index (χ3n) is 5.42. The number of aromatic nitrogens is 4. The molecule has 3 rings (SSSR count). The summed E-state index contributed by atoms with van der Waals surface area (Å²) in [5.41, 5.74) is 3.66. The standard InChI is InChI=1S/C24H29N5O3.H2O/c1-4-5-10-21(30)29(22(16(2)3)24(31)32)15-17-11-13-18(14-12-17)19-8-6-7-9-20(19)23-25-27-28-26-23;/h6-9,11-14,16,22H,4-5,10,15H2,1-3H3,(H,31,32)(H,25,26,27,28);1H2. The number of aliphatic carboxylic acids is 1. The molecule has 0 saturated heterocycles. The minimum atomic E-state index is -0.976. The molecule has 1 unspecified atom stereocenters. The van der Waals surface area contributed by atoms with Gasteiger partial charge in [0.05, 0.1) is 0 Å². The molecule has 176 valence electrons. The van der Waals surface area contributed by atoms with E-state index in [2.05, 4.69) is 20.6 Å². The van der Waals surface area contributed by atoms with Gasteiger partial charge < -0.3 is 15.5 Å². The maximum Gasteiger partial charge on any atom is 0.326 e. The van der Waals surface area contributed by atoms with Crippen LogP contribution in [0.25, 0.3) is 22.5 Å². The van der Waals surface area contributed by atoms with Gasteiger partial charge in [-0.2, -0.15) is 5.21 Å². The molecule has 2 aromatic carbocycles. The highest BCUT2D eigenvalue weighted by Crippen LogP contribution is 2.30. The Hall–Kier alpha value is -3.59. The summed E-state index contributed by atoms with van der Waals surface area (Å²) in [6.45, 7) is 5.93. The molecule has 4 N–H and O–H groups in total. The molecule has 0 saturated carbocycles. The van der Waals surface area contributed by atoms with Crippen LogP contribution in [0.15, 0.2) is 48.5 Å². The lowest BCUT2D eigenvalue weighted by Gasteiger charge is -2.32. The fourth-order valence-electron chi connectivity index (χ4n) is 3.78. The minimum absolute atomic E-state index is 0. The first-order valence-electron chi connectivity index (χ1n) is 10.9. The van der Waals surface area contributed by atoms with Crippen molar-refractivity contribution in [3.8, 4) is 22.5 Å². The van der Waals surface area contributed by atoms with Gasteiger partial charge in [0.15, 0.2) is 0 Å². The Kier molecular flexibility index (Phi) is 9.23. The summed E-state index contributed by atoms with van der Waals surface area (Å²) in [6.07, 6.45) is 1.97. The van der Waals surface area contributed by atoms with E-state index in [0.29, 0.717) is 12.2 Å². The van der Waals surface area contributed by atoms with Crippen molar-refractivity contribution in [1.29, 1.82) is 0 Å². The number of carboxylic acid groups (broad SMARTS) is 1. The number of carbonyl (C=O) groups excluding carboxylic acids is 1. The Morgan fingerprint density at radius 2 is 1.73 bits per heavy atom. The second-order valence-corrected chi connectivity index (χ2v) is 8.13. The first kappa shape index (κ1) is 25.7. The fraction of sp³-hybridized carbons (Fsp3) is 0.375. The van der Waals surface area contributed by atoms with Crippen LogP contribution in [0, 0.1) is 5.92 Å².